The van der Waals surface area contributed by atoms with E-state index in [1.54, 1.807) is 0 Å². The first-order valence-electron chi connectivity index (χ1n) is 25.7. The van der Waals surface area contributed by atoms with Gasteiger partial charge in [0.25, 0.3) is 0 Å². The van der Waals surface area contributed by atoms with Gasteiger partial charge in [-0.2, -0.15) is 0 Å². The van der Waals surface area contributed by atoms with Crippen LogP contribution >= 0.6 is 0 Å². The van der Waals surface area contributed by atoms with Gasteiger partial charge in [0, 0.05) is 48.3 Å². The molecule has 5 heterocycles. The molecule has 12 aliphatic rings. The second kappa shape index (κ2) is 12.9. The summed E-state index contributed by atoms with van der Waals surface area (Å²) in [6, 6.07) is 0. The Morgan fingerprint density at radius 2 is 1.15 bits per heavy atom. The van der Waals surface area contributed by atoms with Crippen molar-refractivity contribution in [2.45, 2.75) is 175 Å². The van der Waals surface area contributed by atoms with Gasteiger partial charge in [-0.3, -0.25) is 14.8 Å². The van der Waals surface area contributed by atoms with E-state index in [-0.39, 0.29) is 58.2 Å². The minimum atomic E-state index is -0.539. The Balaban J connectivity index is 0.763. The van der Waals surface area contributed by atoms with E-state index in [2.05, 4.69) is 67.5 Å². The molecule has 336 valence electrons. The lowest BCUT2D eigenvalue weighted by atomic mass is 9.45. The summed E-state index contributed by atoms with van der Waals surface area (Å²) in [7, 11) is 0. The third-order valence-electron chi connectivity index (χ3n) is 22.6. The number of hydrogen-bond donors (Lipinski definition) is 1. The van der Waals surface area contributed by atoms with Crippen LogP contribution in [0.3, 0.4) is 0 Å². The number of nitrogens with zero attached hydrogens (tertiary/aromatic N) is 2. The van der Waals surface area contributed by atoms with Crippen molar-refractivity contribution in [3.8, 4) is 0 Å². The van der Waals surface area contributed by atoms with E-state index in [9.17, 15) is 9.90 Å². The van der Waals surface area contributed by atoms with Crippen molar-refractivity contribution in [1.29, 1.82) is 0 Å². The first-order chi connectivity index (χ1) is 29.5. The molecule has 1 aromatic heterocycles. The van der Waals surface area contributed by atoms with Crippen LogP contribution in [0, 0.1) is 92.7 Å². The summed E-state index contributed by atoms with van der Waals surface area (Å²) in [4.78, 5) is 26.1. The summed E-state index contributed by atoms with van der Waals surface area (Å²) in [5.41, 5.74) is 7.19. The van der Waals surface area contributed by atoms with Crippen LogP contribution < -0.4 is 0 Å². The maximum Gasteiger partial charge on any atom is 0.172 e. The zero-order valence-electron chi connectivity index (χ0n) is 39.0. The second-order valence-electron chi connectivity index (χ2n) is 25.2. The molecule has 0 radical (unpaired) electrons. The summed E-state index contributed by atoms with van der Waals surface area (Å²) >= 11 is 0. The summed E-state index contributed by atoms with van der Waals surface area (Å²) < 4.78 is 27.0. The fraction of sp³-hybridized carbons (Fsp3) is 0.833. The Morgan fingerprint density at radius 3 is 1.71 bits per heavy atom. The van der Waals surface area contributed by atoms with Crippen LogP contribution in [-0.4, -0.2) is 64.0 Å². The number of carbonyl (C=O) groups excluding carboxylic acids is 1. The molecular weight excluding hydrogens is 773 g/mol. The molecule has 8 nitrogen and oxygen atoms in total. The van der Waals surface area contributed by atoms with E-state index in [1.807, 2.05) is 0 Å². The number of ketones is 1. The molecule has 0 amide bonds. The Bertz CT molecular complexity index is 2170. The Hall–Kier alpha value is -1.97. The highest BCUT2D eigenvalue weighted by molar-refractivity contribution is 5.91. The molecule has 13 rings (SSSR count). The highest BCUT2D eigenvalue weighted by Crippen LogP contribution is 2.71. The van der Waals surface area contributed by atoms with Gasteiger partial charge in [-0.1, -0.05) is 71.8 Å². The topological polar surface area (TPSA) is 100 Å². The molecule has 0 aromatic carbocycles. The third kappa shape index (κ3) is 4.91. The number of fused-ring (bicyclic) bond motifs is 16. The van der Waals surface area contributed by atoms with E-state index in [4.69, 9.17) is 28.9 Å². The molecule has 4 saturated heterocycles. The molecular formula is C54H74N2O6. The van der Waals surface area contributed by atoms with Crippen molar-refractivity contribution in [1.82, 2.24) is 9.97 Å². The number of aromatic nitrogens is 2. The van der Waals surface area contributed by atoms with Crippen LogP contribution in [0.15, 0.2) is 23.3 Å². The van der Waals surface area contributed by atoms with Crippen molar-refractivity contribution >= 4 is 5.78 Å². The number of Topliss-reactive ketones (excluding diaryl/α,β-unsaturated/α-hetero) is 1. The van der Waals surface area contributed by atoms with Gasteiger partial charge in [-0.25, -0.2) is 0 Å². The summed E-state index contributed by atoms with van der Waals surface area (Å²) in [5, 5.41) is 12.4. The lowest BCUT2D eigenvalue weighted by Gasteiger charge is -2.60. The fourth-order valence-corrected chi connectivity index (χ4v) is 18.9. The molecule has 2 spiro atoms. The molecule has 8 fully saturated rings. The highest BCUT2D eigenvalue weighted by Gasteiger charge is 2.71. The molecule has 8 aliphatic carbocycles. The Labute approximate surface area is 370 Å². The SMILES string of the molecule is C[C@@H]1CC[C@@]2(OC1)O[C@H]1C=C3[C@@H]4CC[C@H]5Cc6nc7c(nc6C[C@]5(C)[C@H]4CC(=O)[C@]3(C)[C@H]1[C@@H]2C)C[C@@H]1CCC2C3=C[C@@H]4O[C@]5(CC[C@@H](C)CO5)[C@@H](C)[C@@H]4[C@@]3(C)[C@H](O)C[C@@H]2[C@@]1(C)C7. The maximum atomic E-state index is 14.8. The van der Waals surface area contributed by atoms with Gasteiger partial charge in [0.2, 0.25) is 0 Å². The minimum Gasteiger partial charge on any atom is -0.392 e. The molecule has 21 atom stereocenters. The van der Waals surface area contributed by atoms with Crippen molar-refractivity contribution in [3.05, 3.63) is 46.1 Å². The second-order valence-corrected chi connectivity index (χ2v) is 25.2. The third-order valence-corrected chi connectivity index (χ3v) is 22.6. The van der Waals surface area contributed by atoms with Crippen LogP contribution in [-0.2, 0) is 49.4 Å². The van der Waals surface area contributed by atoms with Gasteiger partial charge < -0.3 is 24.1 Å². The van der Waals surface area contributed by atoms with Gasteiger partial charge in [0.05, 0.1) is 59.7 Å². The normalized spacial score (nSPS) is 56.6. The number of carbonyl (C=O) groups is 1. The first kappa shape index (κ1) is 40.3. The van der Waals surface area contributed by atoms with Crippen LogP contribution in [0.1, 0.15) is 142 Å². The van der Waals surface area contributed by atoms with Crippen LogP contribution in [0.2, 0.25) is 0 Å². The minimum absolute atomic E-state index is 0.0203. The van der Waals surface area contributed by atoms with Crippen LogP contribution in [0.5, 0.6) is 0 Å². The smallest absolute Gasteiger partial charge is 0.172 e. The molecule has 8 heteroatoms. The summed E-state index contributed by atoms with van der Waals surface area (Å²) in [6.45, 7) is 20.5. The van der Waals surface area contributed by atoms with E-state index in [1.165, 1.54) is 53.2 Å². The largest absolute Gasteiger partial charge is 0.392 e. The number of aliphatic hydroxyl groups excluding tert-OH is 1. The predicted octanol–water partition coefficient (Wildman–Crippen LogP) is 9.19. The lowest BCUT2D eigenvalue weighted by Crippen LogP contribution is -2.58. The molecule has 1 unspecified atom stereocenters. The number of hydrogen-bond acceptors (Lipinski definition) is 8. The molecule has 0 bridgehead atoms. The van der Waals surface area contributed by atoms with E-state index < -0.39 is 17.0 Å². The van der Waals surface area contributed by atoms with Crippen LogP contribution in [0.25, 0.3) is 0 Å². The van der Waals surface area contributed by atoms with Crippen molar-refractivity contribution in [2.24, 2.45) is 92.7 Å². The number of aliphatic hydroxyl groups is 1. The Morgan fingerprint density at radius 1 is 0.629 bits per heavy atom. The standard InChI is InChI=1S/C54H74N2O6/c1-27-13-15-53(59-25-27)29(3)47-43(61-53)19-37-33-11-9-31-17-39-41(23-49(31,5)35(33)21-45(57)51(37,47)7)55-40-18-32-10-12-34-36(50(32,6)24-42(40)56-39)22-46(58)52(8)38(34)20-44-48(52)30(4)54(62-44)16-14-28(2)26-60-54/h19-20,27-36,43-45,47-48,57H,9-18,21-26H2,1-8H3/t27-,28-,29+,30+,31+,32+,33?,34-,35+,36+,43+,44+,45-,47+,48+,49+,50+,51-,52-,53-,54-/m1/s1. The highest BCUT2D eigenvalue weighted by atomic mass is 16.7. The average Bonchev–Trinajstić information content (AvgIpc) is 3.89. The van der Waals surface area contributed by atoms with Crippen molar-refractivity contribution in [2.75, 3.05) is 13.2 Å². The van der Waals surface area contributed by atoms with E-state index in [0.717, 1.165) is 77.4 Å². The number of ether oxygens (including phenoxy) is 4. The quantitative estimate of drug-likeness (QED) is 0.258. The molecule has 1 N–H and O–H groups in total. The summed E-state index contributed by atoms with van der Waals surface area (Å²) in [5.74, 6) is 4.12. The predicted molar refractivity (Wildman–Crippen MR) is 234 cm³/mol. The van der Waals surface area contributed by atoms with Gasteiger partial charge in [-0.15, -0.1) is 0 Å². The monoisotopic (exact) mass is 847 g/mol. The molecule has 62 heavy (non-hydrogen) atoms. The van der Waals surface area contributed by atoms with E-state index in [0.29, 0.717) is 59.5 Å². The lowest BCUT2D eigenvalue weighted by molar-refractivity contribution is -0.265. The molecule has 4 aliphatic heterocycles. The van der Waals surface area contributed by atoms with Gasteiger partial charge in [0.15, 0.2) is 11.6 Å². The van der Waals surface area contributed by atoms with Crippen molar-refractivity contribution in [3.63, 3.8) is 0 Å². The van der Waals surface area contributed by atoms with Gasteiger partial charge >= 0.3 is 0 Å². The fourth-order valence-electron chi connectivity index (χ4n) is 18.9. The molecule has 4 saturated carbocycles. The zero-order valence-corrected chi connectivity index (χ0v) is 39.0. The summed E-state index contributed by atoms with van der Waals surface area (Å²) in [6.07, 6.45) is 18.8. The Kier molecular flexibility index (Phi) is 8.40. The number of rotatable bonds is 0. The molecule has 1 aromatic rings. The van der Waals surface area contributed by atoms with Gasteiger partial charge in [0.1, 0.15) is 5.78 Å². The average molecular weight is 847 g/mol. The maximum absolute atomic E-state index is 14.8. The zero-order chi connectivity index (χ0) is 42.7. The van der Waals surface area contributed by atoms with Gasteiger partial charge in [-0.05, 0) is 136 Å². The number of allylic oxidation sites excluding steroid dienone is 1. The van der Waals surface area contributed by atoms with E-state index >= 15 is 0 Å². The van der Waals surface area contributed by atoms with Crippen molar-refractivity contribution < 1.29 is 28.8 Å². The van der Waals surface area contributed by atoms with Crippen LogP contribution in [0.4, 0.5) is 0 Å². The first-order valence-corrected chi connectivity index (χ1v) is 25.7.